The van der Waals surface area contributed by atoms with Gasteiger partial charge in [0.1, 0.15) is 0 Å². The minimum absolute atomic E-state index is 0.167. The van der Waals surface area contributed by atoms with Gasteiger partial charge in [-0.1, -0.05) is 24.3 Å². The van der Waals surface area contributed by atoms with Crippen molar-refractivity contribution in [2.24, 2.45) is 0 Å². The van der Waals surface area contributed by atoms with E-state index in [0.29, 0.717) is 19.2 Å². The fourth-order valence-corrected chi connectivity index (χ4v) is 2.76. The lowest BCUT2D eigenvalue weighted by Crippen LogP contribution is -2.32. The molecule has 0 aromatic heterocycles. The van der Waals surface area contributed by atoms with E-state index in [1.807, 2.05) is 0 Å². The van der Waals surface area contributed by atoms with Crippen LogP contribution in [0.2, 0.25) is 0 Å². The van der Waals surface area contributed by atoms with Crippen molar-refractivity contribution in [3.63, 3.8) is 0 Å². The number of hydrogen-bond acceptors (Lipinski definition) is 3. The normalized spacial score (nSPS) is 23.9. The van der Waals surface area contributed by atoms with E-state index in [1.54, 1.807) is 0 Å². The average molecular weight is 261 g/mol. The number of hydrogen-bond donors (Lipinski definition) is 2. The first kappa shape index (κ1) is 13.1. The molecule has 3 nitrogen and oxygen atoms in total. The number of aliphatic hydroxyl groups is 1. The van der Waals surface area contributed by atoms with Gasteiger partial charge in [0.05, 0.1) is 18.8 Å². The fraction of sp³-hybridized carbons (Fsp3) is 0.625. The molecule has 0 bridgehead atoms. The molecule has 0 spiro atoms. The maximum absolute atomic E-state index is 9.92. The highest BCUT2D eigenvalue weighted by Gasteiger charge is 2.23. The standard InChI is InChI=1S/C16H23NO2/c18-14(10-17-13-8-9-13)11-19-16-7-3-5-12-4-1-2-6-15(12)16/h1-2,4,6,13-14,16-18H,3,5,7-11H2/t14-,16+/m1/s1. The van der Waals surface area contributed by atoms with Gasteiger partial charge in [0, 0.05) is 12.6 Å². The number of nitrogens with one attached hydrogen (secondary N) is 1. The lowest BCUT2D eigenvalue weighted by Gasteiger charge is -2.26. The highest BCUT2D eigenvalue weighted by atomic mass is 16.5. The molecule has 2 aliphatic rings. The summed E-state index contributed by atoms with van der Waals surface area (Å²) in [5.41, 5.74) is 2.72. The Balaban J connectivity index is 1.49. The Kier molecular flexibility index (Phi) is 4.16. The number of aryl methyl sites for hydroxylation is 1. The van der Waals surface area contributed by atoms with Crippen molar-refractivity contribution in [2.45, 2.75) is 50.4 Å². The lowest BCUT2D eigenvalue weighted by molar-refractivity contribution is -0.0167. The number of aliphatic hydroxyl groups excluding tert-OH is 1. The van der Waals surface area contributed by atoms with E-state index in [0.717, 1.165) is 12.8 Å². The van der Waals surface area contributed by atoms with Crippen molar-refractivity contribution in [2.75, 3.05) is 13.2 Å². The minimum Gasteiger partial charge on any atom is -0.389 e. The van der Waals surface area contributed by atoms with Gasteiger partial charge in [0.15, 0.2) is 0 Å². The van der Waals surface area contributed by atoms with Crippen LogP contribution in [0.15, 0.2) is 24.3 Å². The third kappa shape index (κ3) is 3.56. The zero-order valence-electron chi connectivity index (χ0n) is 11.3. The van der Waals surface area contributed by atoms with Crippen molar-refractivity contribution >= 4 is 0 Å². The van der Waals surface area contributed by atoms with Crippen LogP contribution < -0.4 is 5.32 Å². The first-order valence-electron chi connectivity index (χ1n) is 7.44. The van der Waals surface area contributed by atoms with Crippen molar-refractivity contribution in [1.29, 1.82) is 0 Å². The van der Waals surface area contributed by atoms with Gasteiger partial charge in [-0.3, -0.25) is 0 Å². The van der Waals surface area contributed by atoms with Crippen LogP contribution in [0.1, 0.15) is 42.9 Å². The van der Waals surface area contributed by atoms with E-state index in [2.05, 4.69) is 29.6 Å². The quantitative estimate of drug-likeness (QED) is 0.825. The largest absolute Gasteiger partial charge is 0.389 e. The van der Waals surface area contributed by atoms with E-state index in [9.17, 15) is 5.11 Å². The highest BCUT2D eigenvalue weighted by Crippen LogP contribution is 2.32. The smallest absolute Gasteiger partial charge is 0.0898 e. The van der Waals surface area contributed by atoms with Crippen LogP contribution in [0.5, 0.6) is 0 Å². The van der Waals surface area contributed by atoms with E-state index >= 15 is 0 Å². The van der Waals surface area contributed by atoms with Gasteiger partial charge in [0.25, 0.3) is 0 Å². The maximum Gasteiger partial charge on any atom is 0.0898 e. The molecule has 0 aliphatic heterocycles. The molecule has 3 heteroatoms. The minimum atomic E-state index is -0.394. The van der Waals surface area contributed by atoms with Crippen LogP contribution in [0.25, 0.3) is 0 Å². The molecule has 0 radical (unpaired) electrons. The summed E-state index contributed by atoms with van der Waals surface area (Å²) in [6, 6.07) is 9.16. The molecule has 1 saturated carbocycles. The molecule has 0 amide bonds. The third-order valence-electron chi connectivity index (χ3n) is 4.02. The Hall–Kier alpha value is -0.900. The van der Waals surface area contributed by atoms with Gasteiger partial charge >= 0.3 is 0 Å². The molecular formula is C16H23NO2. The summed E-state index contributed by atoms with van der Waals surface area (Å²) in [6.45, 7) is 1.08. The Morgan fingerprint density at radius 2 is 2.11 bits per heavy atom. The first-order chi connectivity index (χ1) is 9.33. The number of benzene rings is 1. The van der Waals surface area contributed by atoms with Crippen molar-refractivity contribution in [3.8, 4) is 0 Å². The molecule has 1 fully saturated rings. The van der Waals surface area contributed by atoms with Gasteiger partial charge in [-0.2, -0.15) is 0 Å². The van der Waals surface area contributed by atoms with Crippen molar-refractivity contribution in [3.05, 3.63) is 35.4 Å². The van der Waals surface area contributed by atoms with Crippen molar-refractivity contribution in [1.82, 2.24) is 5.32 Å². The lowest BCUT2D eigenvalue weighted by atomic mass is 9.89. The van der Waals surface area contributed by atoms with Crippen LogP contribution in [0.3, 0.4) is 0 Å². The maximum atomic E-state index is 9.92. The second kappa shape index (κ2) is 6.04. The van der Waals surface area contributed by atoms with Gasteiger partial charge < -0.3 is 15.2 Å². The molecule has 0 unspecified atom stereocenters. The Morgan fingerprint density at radius 1 is 1.26 bits per heavy atom. The van der Waals surface area contributed by atoms with Gasteiger partial charge in [-0.15, -0.1) is 0 Å². The molecule has 1 aromatic carbocycles. The van der Waals surface area contributed by atoms with E-state index in [-0.39, 0.29) is 6.10 Å². The summed E-state index contributed by atoms with van der Waals surface area (Å²) >= 11 is 0. The third-order valence-corrected chi connectivity index (χ3v) is 4.02. The summed E-state index contributed by atoms with van der Waals surface area (Å²) in [6.07, 6.45) is 5.68. The predicted molar refractivity (Wildman–Crippen MR) is 75.1 cm³/mol. The van der Waals surface area contributed by atoms with E-state index in [4.69, 9.17) is 4.74 Å². The van der Waals surface area contributed by atoms with Crippen LogP contribution in [-0.2, 0) is 11.2 Å². The predicted octanol–water partition coefficient (Wildman–Crippen LogP) is 2.19. The van der Waals surface area contributed by atoms with Crippen LogP contribution in [0.4, 0.5) is 0 Å². The summed E-state index contributed by atoms with van der Waals surface area (Å²) in [5.74, 6) is 0. The highest BCUT2D eigenvalue weighted by molar-refractivity contribution is 5.31. The topological polar surface area (TPSA) is 41.5 Å². The van der Waals surface area contributed by atoms with Gasteiger partial charge in [-0.05, 0) is 43.2 Å². The molecule has 1 aromatic rings. The van der Waals surface area contributed by atoms with Gasteiger partial charge in [-0.25, -0.2) is 0 Å². The molecular weight excluding hydrogens is 238 g/mol. The SMILES string of the molecule is O[C@H](CNC1CC1)CO[C@H]1CCCc2ccccc21. The Morgan fingerprint density at radius 3 is 2.95 bits per heavy atom. The molecule has 3 rings (SSSR count). The Bertz CT molecular complexity index is 417. The summed E-state index contributed by atoms with van der Waals surface area (Å²) in [4.78, 5) is 0. The summed E-state index contributed by atoms with van der Waals surface area (Å²) < 4.78 is 5.93. The van der Waals surface area contributed by atoms with E-state index < -0.39 is 6.10 Å². The zero-order chi connectivity index (χ0) is 13.1. The monoisotopic (exact) mass is 261 g/mol. The van der Waals surface area contributed by atoms with Crippen molar-refractivity contribution < 1.29 is 9.84 Å². The van der Waals surface area contributed by atoms with Crippen LogP contribution in [0, 0.1) is 0 Å². The number of rotatable bonds is 6. The molecule has 104 valence electrons. The molecule has 2 N–H and O–H groups in total. The second-order valence-electron chi connectivity index (χ2n) is 5.75. The zero-order valence-corrected chi connectivity index (χ0v) is 11.3. The summed E-state index contributed by atoms with van der Waals surface area (Å²) in [7, 11) is 0. The fourth-order valence-electron chi connectivity index (χ4n) is 2.76. The van der Waals surface area contributed by atoms with Crippen LogP contribution >= 0.6 is 0 Å². The van der Waals surface area contributed by atoms with Crippen LogP contribution in [-0.4, -0.2) is 30.4 Å². The molecule has 2 aliphatic carbocycles. The molecule has 0 saturated heterocycles. The molecule has 19 heavy (non-hydrogen) atoms. The summed E-state index contributed by atoms with van der Waals surface area (Å²) in [5, 5.41) is 13.3. The second-order valence-corrected chi connectivity index (χ2v) is 5.75. The average Bonchev–Trinajstić information content (AvgIpc) is 3.27. The number of fused-ring (bicyclic) bond motifs is 1. The molecule has 0 heterocycles. The van der Waals surface area contributed by atoms with E-state index in [1.165, 1.54) is 30.4 Å². The Labute approximate surface area is 115 Å². The molecule has 2 atom stereocenters. The van der Waals surface area contributed by atoms with Gasteiger partial charge in [0.2, 0.25) is 0 Å². The number of ether oxygens (including phenoxy) is 1. The first-order valence-corrected chi connectivity index (χ1v) is 7.44.